The molecule has 0 aliphatic carbocycles. The van der Waals surface area contributed by atoms with Crippen LogP contribution in [-0.4, -0.2) is 115 Å². The Hall–Kier alpha value is -0.254. The van der Waals surface area contributed by atoms with Gasteiger partial charge in [-0.1, -0.05) is 121 Å². The zero-order valence-corrected chi connectivity index (χ0v) is 61.6. The topological polar surface area (TPSA) is 53.5 Å². The number of nitrogens with zero attached hydrogens (tertiary/aromatic N) is 6. The summed E-state index contributed by atoms with van der Waals surface area (Å²) in [5, 5.41) is 14.1. The minimum Gasteiger partial charge on any atom is -2.00 e. The predicted molar refractivity (Wildman–Crippen MR) is 346 cm³/mol. The van der Waals surface area contributed by atoms with E-state index in [0.717, 1.165) is 34.2 Å². The normalized spacial score (nSPS) is 9.88. The number of benzene rings is 4. The molecule has 19 heteroatoms. The zero-order valence-electron chi connectivity index (χ0n) is 48.2. The Morgan fingerprint density at radius 3 is 0.658 bits per heavy atom. The molecule has 0 N–H and O–H groups in total. The molecule has 423 valence electrons. The van der Waals surface area contributed by atoms with Crippen LogP contribution in [0.25, 0.3) is 0 Å². The molecule has 0 amide bonds. The van der Waals surface area contributed by atoms with Crippen molar-refractivity contribution in [1.29, 1.82) is 0 Å². The molecular formula is C57H90B2Fe3N6P3S3SeW. The van der Waals surface area contributed by atoms with E-state index in [9.17, 15) is 0 Å². The third-order valence-corrected chi connectivity index (χ3v) is 22.8. The Kier molecular flexibility index (Phi) is 55.3. The maximum Gasteiger partial charge on any atom is 3.00 e. The summed E-state index contributed by atoms with van der Waals surface area (Å²) in [4.78, 5) is 0. The molecular weight excluding hydrogens is 1410 g/mol. The Morgan fingerprint density at radius 1 is 0.368 bits per heavy atom. The van der Waals surface area contributed by atoms with Crippen molar-refractivity contribution in [3.05, 3.63) is 174 Å². The van der Waals surface area contributed by atoms with Crippen LogP contribution in [0.5, 0.6) is 0 Å². The molecule has 76 heavy (non-hydrogen) atoms. The third kappa shape index (κ3) is 26.3. The van der Waals surface area contributed by atoms with Gasteiger partial charge in [0, 0.05) is 21.1 Å². The first-order valence-electron chi connectivity index (χ1n) is 26.0. The Bertz CT molecular complexity index is 2110. The van der Waals surface area contributed by atoms with Gasteiger partial charge in [-0.15, -0.1) is 0 Å². The van der Waals surface area contributed by atoms with Crippen molar-refractivity contribution in [1.82, 2.24) is 29.1 Å². The number of hydrogen-bond acceptors (Lipinski definition) is 3. The number of rotatable bonds is 16. The second-order valence-electron chi connectivity index (χ2n) is 18.1. The summed E-state index contributed by atoms with van der Waals surface area (Å²) in [5.41, 5.74) is 11.8. The van der Waals surface area contributed by atoms with Crippen molar-refractivity contribution in [2.45, 2.75) is 104 Å². The van der Waals surface area contributed by atoms with E-state index in [1.165, 1.54) is 77.3 Å². The number of aryl methyl sites for hydroxylation is 6. The summed E-state index contributed by atoms with van der Waals surface area (Å²) >= 11 is 0. The summed E-state index contributed by atoms with van der Waals surface area (Å²) in [5.74, 6) is 0. The molecule has 1 radical (unpaired) electrons. The van der Waals surface area contributed by atoms with Crippen molar-refractivity contribution >= 4 is 116 Å². The van der Waals surface area contributed by atoms with E-state index in [2.05, 4.69) is 236 Å². The maximum absolute atomic E-state index is 4.70. The van der Waals surface area contributed by atoms with Gasteiger partial charge in [0.05, 0.1) is 72.5 Å². The quantitative estimate of drug-likeness (QED) is 0.0716. The molecule has 0 fully saturated rings. The van der Waals surface area contributed by atoms with Gasteiger partial charge in [-0.05, 0) is 163 Å². The number of aromatic nitrogens is 6. The molecule has 3 aromatic heterocycles. The summed E-state index contributed by atoms with van der Waals surface area (Å²) in [6.07, 6.45) is 11.9. The standard InChI is InChI=1S/C24H20B.C15H22BN6.3C6H15P.3Fe.3S.Se.W/c1-5-13-21(14-6-1)25(22-15-7-2-8-16-22,23-17-9-3-10-18-23)24-19-11-4-12-20-24;1-10-7-13(4)20(17-10)16(21-14(5)8-11(2)18-21)22-15(6)9-12(3)19-22;3*1-4-7(5-2)6-3;;;;;;;;/h1-20H;7-9,16H,1-6H3;3*4-6H2,1-3H3;;;;;;;;/q2*-1;;;;2*+2;+3;4*-2;/p+3. The maximum atomic E-state index is 4.70. The van der Waals surface area contributed by atoms with Crippen molar-refractivity contribution in [2.24, 2.45) is 0 Å². The number of hydrogen-bond donors (Lipinski definition) is 0. The third-order valence-electron chi connectivity index (χ3n) is 13.8. The molecule has 0 bridgehead atoms. The molecule has 3 heterocycles. The van der Waals surface area contributed by atoms with Crippen LogP contribution in [0.4, 0.5) is 0 Å². The van der Waals surface area contributed by atoms with E-state index in [-0.39, 0.29) is 154 Å². The van der Waals surface area contributed by atoms with Gasteiger partial charge in [0.1, 0.15) is 6.15 Å². The monoisotopic (exact) mass is 1500 g/mol. The fraction of sp³-hybridized carbons (Fsp3) is 0.421. The molecule has 0 aliphatic heterocycles. The van der Waals surface area contributed by atoms with Gasteiger partial charge in [0.15, 0.2) is 0 Å². The second kappa shape index (κ2) is 48.3. The first-order valence-corrected chi connectivity index (χ1v) is 32.3. The van der Waals surface area contributed by atoms with E-state index in [0.29, 0.717) is 0 Å². The van der Waals surface area contributed by atoms with Crippen molar-refractivity contribution in [2.75, 3.05) is 55.5 Å². The van der Waals surface area contributed by atoms with E-state index < -0.39 is 13.3 Å². The van der Waals surface area contributed by atoms with Crippen LogP contribution < -0.4 is 21.9 Å². The van der Waals surface area contributed by atoms with Gasteiger partial charge >= 0.3 is 58.3 Å². The SMILES string of the molecule is CC[PH+](CC)CC.CC[PH+](CC)CC.CC[PH+](CC)CC.Cc1cc(C)n([BH-](n2nc(C)cc2C)n2nc(C)cc2C)n1.[Fe+2].[Fe+2].[Fe+3].[S-2].[S-2].[S-2].[Se-2].[W].c1ccc([B-](c2ccccc2)(c2ccccc2)c2ccccc2)cc1. The smallest absolute Gasteiger partial charge is 2.00 e. The Morgan fingerprint density at radius 2 is 0.539 bits per heavy atom. The van der Waals surface area contributed by atoms with Crippen LogP contribution in [0, 0.1) is 41.5 Å². The average Bonchev–Trinajstić information content (AvgIpc) is 4.02. The fourth-order valence-corrected chi connectivity index (χ4v) is 14.1. The van der Waals surface area contributed by atoms with Gasteiger partial charge in [0.25, 0.3) is 0 Å². The summed E-state index contributed by atoms with van der Waals surface area (Å²) in [6.45, 7) is 33.1. The molecule has 0 spiro atoms. The Balaban J connectivity index is -0.000000220. The van der Waals surface area contributed by atoms with E-state index in [4.69, 9.17) is 15.3 Å². The van der Waals surface area contributed by atoms with E-state index in [1.54, 1.807) is 0 Å². The van der Waals surface area contributed by atoms with Crippen molar-refractivity contribution in [3.63, 3.8) is 0 Å². The molecule has 4 aromatic carbocycles. The minimum atomic E-state index is -1.26. The second-order valence-corrected chi connectivity index (χ2v) is 29.0. The summed E-state index contributed by atoms with van der Waals surface area (Å²) < 4.78 is 6.19. The first kappa shape index (κ1) is 87.0. The van der Waals surface area contributed by atoms with Crippen LogP contribution >= 0.6 is 23.8 Å². The van der Waals surface area contributed by atoms with Crippen LogP contribution in [0.2, 0.25) is 0 Å². The minimum absolute atomic E-state index is 0. The molecule has 0 aliphatic rings. The summed E-state index contributed by atoms with van der Waals surface area (Å²) in [7, 11) is -0.847. The van der Waals surface area contributed by atoms with Crippen LogP contribution in [0.3, 0.4) is 0 Å². The van der Waals surface area contributed by atoms with Gasteiger partial charge in [-0.3, -0.25) is 0 Å². The van der Waals surface area contributed by atoms with Crippen LogP contribution in [-0.2, 0) is 113 Å². The van der Waals surface area contributed by atoms with Crippen molar-refractivity contribution in [3.8, 4) is 0 Å². The van der Waals surface area contributed by atoms with Crippen LogP contribution in [0.1, 0.15) is 96.5 Å². The fourth-order valence-electron chi connectivity index (χ4n) is 9.64. The van der Waals surface area contributed by atoms with E-state index >= 15 is 0 Å². The van der Waals surface area contributed by atoms with Crippen molar-refractivity contribution < 1.29 is 72.3 Å². The van der Waals surface area contributed by atoms with Gasteiger partial charge in [-0.2, -0.15) is 21.9 Å². The summed E-state index contributed by atoms with van der Waals surface area (Å²) in [6, 6.07) is 49.8. The van der Waals surface area contributed by atoms with Crippen LogP contribution in [0.15, 0.2) is 140 Å². The van der Waals surface area contributed by atoms with Gasteiger partial charge < -0.3 is 71.3 Å². The molecule has 0 saturated carbocycles. The Labute approximate surface area is 545 Å². The first-order chi connectivity index (χ1) is 32.8. The van der Waals surface area contributed by atoms with Gasteiger partial charge in [0.2, 0.25) is 0 Å². The zero-order chi connectivity index (χ0) is 50.1. The molecule has 0 saturated heterocycles. The predicted octanol–water partition coefficient (Wildman–Crippen LogP) is 11.2. The van der Waals surface area contributed by atoms with E-state index in [1.807, 2.05) is 20.8 Å². The molecule has 7 aromatic rings. The van der Waals surface area contributed by atoms with Gasteiger partial charge in [-0.25, -0.2) is 15.3 Å². The molecule has 6 nitrogen and oxygen atoms in total. The largest absolute Gasteiger partial charge is 3.00 e. The molecule has 0 unspecified atom stereocenters. The molecule has 7 rings (SSSR count). The molecule has 0 atom stereocenters. The average molecular weight is 1500 g/mol.